The first-order valence-corrected chi connectivity index (χ1v) is 6.12. The number of nitrogens with one attached hydrogen (secondary N) is 2. The van der Waals surface area contributed by atoms with E-state index < -0.39 is 0 Å². The van der Waals surface area contributed by atoms with Crippen molar-refractivity contribution in [2.45, 2.75) is 20.4 Å². The molecule has 2 rings (SSSR count). The largest absolute Gasteiger partial charge is 0.369 e. The second-order valence-electron chi connectivity index (χ2n) is 3.86. The maximum atomic E-state index is 11.9. The highest BCUT2D eigenvalue weighted by atomic mass is 16.1. The fourth-order valence-corrected chi connectivity index (χ4v) is 1.51. The number of amides is 1. The molecule has 0 unspecified atom stereocenters. The lowest BCUT2D eigenvalue weighted by Gasteiger charge is -2.03. The highest BCUT2D eigenvalue weighted by Crippen LogP contribution is 2.07. The van der Waals surface area contributed by atoms with Crippen LogP contribution in [0.2, 0.25) is 0 Å². The van der Waals surface area contributed by atoms with E-state index in [0.717, 1.165) is 13.1 Å². The molecule has 0 saturated carbocycles. The molecule has 0 aliphatic carbocycles. The van der Waals surface area contributed by atoms with Crippen LogP contribution < -0.4 is 10.6 Å². The number of hydrogen-bond acceptors (Lipinski definition) is 5. The Balaban J connectivity index is 2.02. The minimum absolute atomic E-state index is 0.269. The highest BCUT2D eigenvalue weighted by Gasteiger charge is 2.09. The van der Waals surface area contributed by atoms with Crippen molar-refractivity contribution in [3.63, 3.8) is 0 Å². The third-order valence-electron chi connectivity index (χ3n) is 2.46. The smallest absolute Gasteiger partial charge is 0.275 e. The molecule has 7 nitrogen and oxygen atoms in total. The first-order chi connectivity index (χ1) is 9.22. The predicted octanol–water partition coefficient (Wildman–Crippen LogP) is 1.38. The van der Waals surface area contributed by atoms with Gasteiger partial charge in [-0.05, 0) is 13.8 Å². The molecule has 0 aromatic carbocycles. The van der Waals surface area contributed by atoms with Crippen molar-refractivity contribution in [3.8, 4) is 0 Å². The van der Waals surface area contributed by atoms with Gasteiger partial charge in [-0.3, -0.25) is 9.48 Å². The molecule has 2 N–H and O–H groups in total. The van der Waals surface area contributed by atoms with Crippen LogP contribution in [-0.2, 0) is 6.54 Å². The Kier molecular flexibility index (Phi) is 4.07. The van der Waals surface area contributed by atoms with E-state index in [0.29, 0.717) is 11.5 Å². The molecule has 100 valence electrons. The molecule has 0 aliphatic rings. The minimum Gasteiger partial charge on any atom is -0.369 e. The zero-order chi connectivity index (χ0) is 13.7. The van der Waals surface area contributed by atoms with Crippen molar-refractivity contribution in [2.24, 2.45) is 0 Å². The van der Waals surface area contributed by atoms with Crippen LogP contribution in [0, 0.1) is 0 Å². The zero-order valence-corrected chi connectivity index (χ0v) is 10.9. The summed E-state index contributed by atoms with van der Waals surface area (Å²) < 4.78 is 1.73. The van der Waals surface area contributed by atoms with Gasteiger partial charge in [0.2, 0.25) is 0 Å². The molecule has 0 radical (unpaired) electrons. The molecule has 0 spiro atoms. The Morgan fingerprint density at radius 3 is 2.68 bits per heavy atom. The predicted molar refractivity (Wildman–Crippen MR) is 72.0 cm³/mol. The molecular formula is C12H16N6O. The van der Waals surface area contributed by atoms with Crippen LogP contribution in [0.3, 0.4) is 0 Å². The Labute approximate surface area is 111 Å². The summed E-state index contributed by atoms with van der Waals surface area (Å²) in [7, 11) is 0. The Morgan fingerprint density at radius 1 is 1.26 bits per heavy atom. The lowest BCUT2D eigenvalue weighted by atomic mass is 10.4. The summed E-state index contributed by atoms with van der Waals surface area (Å²) in [5.41, 5.74) is 0.912. The van der Waals surface area contributed by atoms with E-state index in [-0.39, 0.29) is 11.6 Å². The maximum absolute atomic E-state index is 11.9. The van der Waals surface area contributed by atoms with Crippen molar-refractivity contribution in [1.82, 2.24) is 19.7 Å². The van der Waals surface area contributed by atoms with Gasteiger partial charge in [0.25, 0.3) is 5.91 Å². The van der Waals surface area contributed by atoms with E-state index in [9.17, 15) is 4.79 Å². The number of aryl methyl sites for hydroxylation is 1. The first-order valence-electron chi connectivity index (χ1n) is 6.12. The minimum atomic E-state index is -0.300. The summed E-state index contributed by atoms with van der Waals surface area (Å²) in [5, 5.41) is 9.81. The molecule has 1 amide bonds. The number of carbonyl (C=O) groups excluding carboxylic acids is 1. The Morgan fingerprint density at radius 2 is 2.11 bits per heavy atom. The van der Waals surface area contributed by atoms with Gasteiger partial charge < -0.3 is 10.6 Å². The fraction of sp³-hybridized carbons (Fsp3) is 0.333. The molecule has 2 aromatic heterocycles. The standard InChI is InChI=1S/C12H16N6O/c1-3-13-11-7-14-10(6-15-11)12(19)17-9-5-16-18(4-2)8-9/h5-8H,3-4H2,1-2H3,(H,13,15)(H,17,19). The highest BCUT2D eigenvalue weighted by molar-refractivity contribution is 6.02. The van der Waals surface area contributed by atoms with Crippen molar-refractivity contribution >= 4 is 17.4 Å². The molecule has 19 heavy (non-hydrogen) atoms. The van der Waals surface area contributed by atoms with Crippen LogP contribution in [0.15, 0.2) is 24.8 Å². The monoisotopic (exact) mass is 260 g/mol. The summed E-state index contributed by atoms with van der Waals surface area (Å²) in [5.74, 6) is 0.351. The SMILES string of the molecule is CCNc1cnc(C(=O)Nc2cnn(CC)c2)cn1. The van der Waals surface area contributed by atoms with E-state index in [1.165, 1.54) is 12.4 Å². The molecule has 7 heteroatoms. The van der Waals surface area contributed by atoms with Crippen LogP contribution in [0.25, 0.3) is 0 Å². The van der Waals surface area contributed by atoms with Gasteiger partial charge in [0, 0.05) is 19.3 Å². The Bertz CT molecular complexity index is 548. The summed E-state index contributed by atoms with van der Waals surface area (Å²) >= 11 is 0. The van der Waals surface area contributed by atoms with E-state index in [1.807, 2.05) is 13.8 Å². The molecule has 0 aliphatic heterocycles. The molecular weight excluding hydrogens is 244 g/mol. The van der Waals surface area contributed by atoms with Gasteiger partial charge >= 0.3 is 0 Å². The summed E-state index contributed by atoms with van der Waals surface area (Å²) in [6, 6.07) is 0. The number of hydrogen-bond donors (Lipinski definition) is 2. The van der Waals surface area contributed by atoms with Gasteiger partial charge in [0.15, 0.2) is 0 Å². The summed E-state index contributed by atoms with van der Waals surface area (Å²) in [4.78, 5) is 20.1. The number of carbonyl (C=O) groups is 1. The maximum Gasteiger partial charge on any atom is 0.275 e. The summed E-state index contributed by atoms with van der Waals surface area (Å²) in [6.45, 7) is 5.46. The second-order valence-corrected chi connectivity index (χ2v) is 3.86. The molecule has 0 bridgehead atoms. The third-order valence-corrected chi connectivity index (χ3v) is 2.46. The van der Waals surface area contributed by atoms with Gasteiger partial charge in [-0.2, -0.15) is 5.10 Å². The van der Waals surface area contributed by atoms with Gasteiger partial charge in [0.1, 0.15) is 11.5 Å². The second kappa shape index (κ2) is 5.94. The molecule has 2 heterocycles. The number of nitrogens with zero attached hydrogens (tertiary/aromatic N) is 4. The normalized spacial score (nSPS) is 10.2. The van der Waals surface area contributed by atoms with E-state index in [4.69, 9.17) is 0 Å². The van der Waals surface area contributed by atoms with Crippen LogP contribution in [0.4, 0.5) is 11.5 Å². The third kappa shape index (κ3) is 3.27. The van der Waals surface area contributed by atoms with Crippen molar-refractivity contribution in [3.05, 3.63) is 30.5 Å². The topological polar surface area (TPSA) is 84.7 Å². The van der Waals surface area contributed by atoms with Gasteiger partial charge in [-0.25, -0.2) is 9.97 Å². The lowest BCUT2D eigenvalue weighted by molar-refractivity contribution is 0.102. The van der Waals surface area contributed by atoms with E-state index in [2.05, 4.69) is 25.7 Å². The van der Waals surface area contributed by atoms with Crippen molar-refractivity contribution in [2.75, 3.05) is 17.2 Å². The van der Waals surface area contributed by atoms with Crippen molar-refractivity contribution in [1.29, 1.82) is 0 Å². The van der Waals surface area contributed by atoms with E-state index in [1.54, 1.807) is 17.1 Å². The number of rotatable bonds is 5. The van der Waals surface area contributed by atoms with E-state index >= 15 is 0 Å². The molecule has 2 aromatic rings. The van der Waals surface area contributed by atoms with Crippen molar-refractivity contribution < 1.29 is 4.79 Å². The van der Waals surface area contributed by atoms with Gasteiger partial charge in [-0.1, -0.05) is 0 Å². The first kappa shape index (κ1) is 13.0. The average Bonchev–Trinajstić information content (AvgIpc) is 2.87. The molecule has 0 fully saturated rings. The van der Waals surface area contributed by atoms with Crippen LogP contribution >= 0.6 is 0 Å². The van der Waals surface area contributed by atoms with Crippen LogP contribution in [-0.4, -0.2) is 32.2 Å². The molecule has 0 saturated heterocycles. The molecule has 0 atom stereocenters. The van der Waals surface area contributed by atoms with Gasteiger partial charge in [-0.15, -0.1) is 0 Å². The number of aromatic nitrogens is 4. The van der Waals surface area contributed by atoms with Crippen LogP contribution in [0.5, 0.6) is 0 Å². The Hall–Kier alpha value is -2.44. The number of anilines is 2. The fourth-order valence-electron chi connectivity index (χ4n) is 1.51. The quantitative estimate of drug-likeness (QED) is 0.848. The summed E-state index contributed by atoms with van der Waals surface area (Å²) in [6.07, 6.45) is 6.34. The van der Waals surface area contributed by atoms with Gasteiger partial charge in [0.05, 0.1) is 24.3 Å². The van der Waals surface area contributed by atoms with Crippen LogP contribution in [0.1, 0.15) is 24.3 Å². The zero-order valence-electron chi connectivity index (χ0n) is 10.9. The lowest BCUT2D eigenvalue weighted by Crippen LogP contribution is -2.14. The average molecular weight is 260 g/mol.